The Balaban J connectivity index is 2.58. The summed E-state index contributed by atoms with van der Waals surface area (Å²) in [5, 5.41) is 18.1. The van der Waals surface area contributed by atoms with Gasteiger partial charge in [-0.2, -0.15) is 0 Å². The molecule has 0 aromatic heterocycles. The van der Waals surface area contributed by atoms with Gasteiger partial charge in [0.05, 0.1) is 0 Å². The average molecular weight is 229 g/mol. The molecule has 0 saturated heterocycles. The van der Waals surface area contributed by atoms with E-state index < -0.39 is 5.97 Å². The van der Waals surface area contributed by atoms with Crippen molar-refractivity contribution in [2.75, 3.05) is 13.2 Å². The van der Waals surface area contributed by atoms with Crippen LogP contribution in [0.25, 0.3) is 0 Å². The maximum absolute atomic E-state index is 11.2. The van der Waals surface area contributed by atoms with E-state index in [4.69, 9.17) is 5.11 Å². The molecule has 4 heteroatoms. The van der Waals surface area contributed by atoms with Crippen molar-refractivity contribution in [3.8, 4) is 0 Å². The first kappa shape index (κ1) is 13.5. The van der Waals surface area contributed by atoms with Crippen LogP contribution < -0.4 is 0 Å². The zero-order chi connectivity index (χ0) is 12.0. The second-order valence-corrected chi connectivity index (χ2v) is 4.54. The number of hydrogen-bond acceptors (Lipinski definition) is 3. The number of carbonyl (C=O) groups is 1. The predicted octanol–water partition coefficient (Wildman–Crippen LogP) is 1.48. The molecule has 16 heavy (non-hydrogen) atoms. The number of hydrogen-bond donors (Lipinski definition) is 2. The first-order valence-corrected chi connectivity index (χ1v) is 6.30. The normalized spacial score (nSPS) is 18.4. The lowest BCUT2D eigenvalue weighted by atomic mass is 9.89. The summed E-state index contributed by atoms with van der Waals surface area (Å²) < 4.78 is 0. The smallest absolute Gasteiger partial charge is 0.320 e. The van der Waals surface area contributed by atoms with Crippen molar-refractivity contribution in [2.45, 2.75) is 57.5 Å². The third kappa shape index (κ3) is 3.46. The van der Waals surface area contributed by atoms with E-state index in [1.165, 1.54) is 6.42 Å². The molecule has 1 fully saturated rings. The Morgan fingerprint density at radius 2 is 2.19 bits per heavy atom. The zero-order valence-corrected chi connectivity index (χ0v) is 10.1. The van der Waals surface area contributed by atoms with Gasteiger partial charge in [0.15, 0.2) is 0 Å². The Hall–Kier alpha value is -0.610. The van der Waals surface area contributed by atoms with Crippen molar-refractivity contribution in [3.63, 3.8) is 0 Å². The van der Waals surface area contributed by atoms with Gasteiger partial charge in [-0.25, -0.2) is 0 Å². The van der Waals surface area contributed by atoms with Gasteiger partial charge in [-0.1, -0.05) is 19.8 Å². The number of carboxylic acids is 1. The van der Waals surface area contributed by atoms with Crippen LogP contribution in [0.1, 0.15) is 45.4 Å². The van der Waals surface area contributed by atoms with E-state index in [1.807, 2.05) is 6.92 Å². The van der Waals surface area contributed by atoms with Gasteiger partial charge in [0.1, 0.15) is 6.04 Å². The van der Waals surface area contributed by atoms with Gasteiger partial charge in [0.25, 0.3) is 0 Å². The summed E-state index contributed by atoms with van der Waals surface area (Å²) in [6, 6.07) is 0.0704. The second kappa shape index (κ2) is 6.86. The van der Waals surface area contributed by atoms with E-state index in [0.29, 0.717) is 25.4 Å². The first-order chi connectivity index (χ1) is 7.70. The molecule has 1 atom stereocenters. The van der Waals surface area contributed by atoms with Crippen LogP contribution in [0, 0.1) is 0 Å². The van der Waals surface area contributed by atoms with Crippen molar-refractivity contribution >= 4 is 5.97 Å². The lowest BCUT2D eigenvalue weighted by molar-refractivity contribution is -0.145. The summed E-state index contributed by atoms with van der Waals surface area (Å²) in [7, 11) is 0. The summed E-state index contributed by atoms with van der Waals surface area (Å²) in [6.45, 7) is 2.86. The van der Waals surface area contributed by atoms with Crippen LogP contribution >= 0.6 is 0 Å². The fourth-order valence-electron chi connectivity index (χ4n) is 2.27. The van der Waals surface area contributed by atoms with Gasteiger partial charge in [-0.05, 0) is 25.7 Å². The van der Waals surface area contributed by atoms with E-state index in [2.05, 4.69) is 4.90 Å². The van der Waals surface area contributed by atoms with Crippen LogP contribution in [0.3, 0.4) is 0 Å². The summed E-state index contributed by atoms with van der Waals surface area (Å²) in [4.78, 5) is 13.3. The molecule has 1 saturated carbocycles. The Kier molecular flexibility index (Phi) is 5.77. The second-order valence-electron chi connectivity index (χ2n) is 4.54. The van der Waals surface area contributed by atoms with Crippen LogP contribution in [0.2, 0.25) is 0 Å². The molecule has 0 spiro atoms. The maximum atomic E-state index is 11.2. The Labute approximate surface area is 97.3 Å². The molecule has 0 bridgehead atoms. The summed E-state index contributed by atoms with van der Waals surface area (Å²) in [5.74, 6) is -0.716. The van der Waals surface area contributed by atoms with E-state index in [0.717, 1.165) is 19.3 Å². The largest absolute Gasteiger partial charge is 0.480 e. The number of carboxylic acid groups (broad SMARTS) is 1. The molecular formula is C12H23NO3. The number of aliphatic hydroxyl groups is 1. The van der Waals surface area contributed by atoms with Crippen molar-refractivity contribution < 1.29 is 15.0 Å². The van der Waals surface area contributed by atoms with Crippen LogP contribution in [0.5, 0.6) is 0 Å². The lowest BCUT2D eigenvalue weighted by Gasteiger charge is -2.41. The highest BCUT2D eigenvalue weighted by atomic mass is 16.4. The molecule has 94 valence electrons. The molecular weight excluding hydrogens is 206 g/mol. The average Bonchev–Trinajstić information content (AvgIpc) is 2.17. The van der Waals surface area contributed by atoms with Crippen molar-refractivity contribution in [1.29, 1.82) is 0 Å². The minimum atomic E-state index is -0.716. The number of nitrogens with zero attached hydrogens (tertiary/aromatic N) is 1. The minimum Gasteiger partial charge on any atom is -0.480 e. The summed E-state index contributed by atoms with van der Waals surface area (Å²) in [6.07, 6.45) is 5.69. The fraction of sp³-hybridized carbons (Fsp3) is 0.917. The lowest BCUT2D eigenvalue weighted by Crippen LogP contribution is -2.50. The van der Waals surface area contributed by atoms with Crippen LogP contribution in [-0.2, 0) is 4.79 Å². The van der Waals surface area contributed by atoms with Crippen LogP contribution in [-0.4, -0.2) is 46.3 Å². The molecule has 0 aromatic carbocycles. The molecule has 0 heterocycles. The highest BCUT2D eigenvalue weighted by Gasteiger charge is 2.33. The molecule has 0 aliphatic heterocycles. The van der Waals surface area contributed by atoms with Gasteiger partial charge in [-0.15, -0.1) is 0 Å². The van der Waals surface area contributed by atoms with E-state index in [9.17, 15) is 9.90 Å². The molecule has 2 N–H and O–H groups in total. The standard InChI is InChI=1S/C12H23NO3/c1-2-5-11(12(15)16)13(8-4-9-14)10-6-3-7-10/h10-11,14H,2-9H2,1H3,(H,15,16). The third-order valence-corrected chi connectivity index (χ3v) is 3.37. The number of aliphatic hydroxyl groups excluding tert-OH is 1. The molecule has 4 nitrogen and oxygen atoms in total. The van der Waals surface area contributed by atoms with Gasteiger partial charge in [-0.3, -0.25) is 9.69 Å². The number of aliphatic carboxylic acids is 1. The predicted molar refractivity (Wildman–Crippen MR) is 62.4 cm³/mol. The molecule has 1 unspecified atom stereocenters. The Morgan fingerprint density at radius 1 is 1.50 bits per heavy atom. The quantitative estimate of drug-likeness (QED) is 0.662. The van der Waals surface area contributed by atoms with Crippen molar-refractivity contribution in [3.05, 3.63) is 0 Å². The van der Waals surface area contributed by atoms with E-state index >= 15 is 0 Å². The van der Waals surface area contributed by atoms with Crippen LogP contribution in [0.15, 0.2) is 0 Å². The van der Waals surface area contributed by atoms with E-state index in [-0.39, 0.29) is 12.6 Å². The van der Waals surface area contributed by atoms with Gasteiger partial charge < -0.3 is 10.2 Å². The monoisotopic (exact) mass is 229 g/mol. The van der Waals surface area contributed by atoms with Crippen LogP contribution in [0.4, 0.5) is 0 Å². The fourth-order valence-corrected chi connectivity index (χ4v) is 2.27. The minimum absolute atomic E-state index is 0.141. The highest BCUT2D eigenvalue weighted by molar-refractivity contribution is 5.73. The molecule has 0 radical (unpaired) electrons. The molecule has 1 rings (SSSR count). The zero-order valence-electron chi connectivity index (χ0n) is 10.1. The molecule has 0 aromatic rings. The van der Waals surface area contributed by atoms with Gasteiger partial charge in [0.2, 0.25) is 0 Å². The Morgan fingerprint density at radius 3 is 2.56 bits per heavy atom. The molecule has 1 aliphatic rings. The number of rotatable bonds is 8. The SMILES string of the molecule is CCCC(C(=O)O)N(CCCO)C1CCC1. The summed E-state index contributed by atoms with van der Waals surface area (Å²) >= 11 is 0. The van der Waals surface area contributed by atoms with Gasteiger partial charge in [0, 0.05) is 19.2 Å². The Bertz CT molecular complexity index is 216. The van der Waals surface area contributed by atoms with Crippen molar-refractivity contribution in [1.82, 2.24) is 4.90 Å². The summed E-state index contributed by atoms with van der Waals surface area (Å²) in [5.41, 5.74) is 0. The maximum Gasteiger partial charge on any atom is 0.320 e. The third-order valence-electron chi connectivity index (χ3n) is 3.37. The van der Waals surface area contributed by atoms with E-state index in [1.54, 1.807) is 0 Å². The van der Waals surface area contributed by atoms with Gasteiger partial charge >= 0.3 is 5.97 Å². The van der Waals surface area contributed by atoms with Crippen molar-refractivity contribution in [2.24, 2.45) is 0 Å². The first-order valence-electron chi connectivity index (χ1n) is 6.30. The topological polar surface area (TPSA) is 60.8 Å². The highest BCUT2D eigenvalue weighted by Crippen LogP contribution is 2.28. The molecule has 0 amide bonds. The molecule has 1 aliphatic carbocycles.